The quantitative estimate of drug-likeness (QED) is 0.704. The van der Waals surface area contributed by atoms with E-state index in [9.17, 15) is 0 Å². The Labute approximate surface area is 143 Å². The zero-order valence-electron chi connectivity index (χ0n) is 13.9. The molecule has 1 aliphatic rings. The van der Waals surface area contributed by atoms with E-state index in [1.165, 1.54) is 21.9 Å². The SMILES string of the molecule is c1ccc(CC(c2cccc3ccccc23)N2CCOCC2)cc1. The molecule has 0 radical (unpaired) electrons. The molecule has 3 aromatic carbocycles. The van der Waals surface area contributed by atoms with Gasteiger partial charge in [0.15, 0.2) is 0 Å². The van der Waals surface area contributed by atoms with Crippen LogP contribution in [0.3, 0.4) is 0 Å². The molecule has 122 valence electrons. The van der Waals surface area contributed by atoms with Crippen molar-refractivity contribution in [1.29, 1.82) is 0 Å². The van der Waals surface area contributed by atoms with Crippen LogP contribution in [0.5, 0.6) is 0 Å². The van der Waals surface area contributed by atoms with Gasteiger partial charge in [0.05, 0.1) is 13.2 Å². The Hall–Kier alpha value is -2.16. The van der Waals surface area contributed by atoms with E-state index in [4.69, 9.17) is 4.74 Å². The zero-order chi connectivity index (χ0) is 16.2. The zero-order valence-corrected chi connectivity index (χ0v) is 13.9. The van der Waals surface area contributed by atoms with Gasteiger partial charge in [-0.15, -0.1) is 0 Å². The maximum atomic E-state index is 5.58. The maximum Gasteiger partial charge on any atom is 0.0594 e. The van der Waals surface area contributed by atoms with Crippen LogP contribution in [0.1, 0.15) is 17.2 Å². The first-order chi connectivity index (χ1) is 11.9. The summed E-state index contributed by atoms with van der Waals surface area (Å²) in [4.78, 5) is 2.58. The van der Waals surface area contributed by atoms with Gasteiger partial charge >= 0.3 is 0 Å². The molecule has 1 aliphatic heterocycles. The molecule has 1 unspecified atom stereocenters. The lowest BCUT2D eigenvalue weighted by Gasteiger charge is -2.35. The fourth-order valence-electron chi connectivity index (χ4n) is 3.70. The molecule has 0 aliphatic carbocycles. The van der Waals surface area contributed by atoms with Gasteiger partial charge in [0.25, 0.3) is 0 Å². The summed E-state index contributed by atoms with van der Waals surface area (Å²) < 4.78 is 5.58. The maximum absolute atomic E-state index is 5.58. The molecule has 0 aromatic heterocycles. The van der Waals surface area contributed by atoms with Gasteiger partial charge in [0.1, 0.15) is 0 Å². The van der Waals surface area contributed by atoms with Crippen molar-refractivity contribution in [1.82, 2.24) is 4.90 Å². The minimum Gasteiger partial charge on any atom is -0.379 e. The van der Waals surface area contributed by atoms with Crippen LogP contribution in [0.4, 0.5) is 0 Å². The van der Waals surface area contributed by atoms with Crippen LogP contribution in [0, 0.1) is 0 Å². The summed E-state index contributed by atoms with van der Waals surface area (Å²) in [6.07, 6.45) is 1.04. The Morgan fingerprint density at radius 3 is 2.33 bits per heavy atom. The van der Waals surface area contributed by atoms with E-state index < -0.39 is 0 Å². The highest BCUT2D eigenvalue weighted by atomic mass is 16.5. The average Bonchev–Trinajstić information content (AvgIpc) is 2.67. The van der Waals surface area contributed by atoms with Crippen LogP contribution in [-0.4, -0.2) is 31.2 Å². The number of nitrogens with zero attached hydrogens (tertiary/aromatic N) is 1. The number of hydrogen-bond donors (Lipinski definition) is 0. The van der Waals surface area contributed by atoms with Crippen molar-refractivity contribution in [3.05, 3.63) is 83.9 Å². The predicted molar refractivity (Wildman–Crippen MR) is 99.2 cm³/mol. The van der Waals surface area contributed by atoms with Gasteiger partial charge in [0, 0.05) is 19.1 Å². The Kier molecular flexibility index (Phi) is 4.59. The van der Waals surface area contributed by atoms with E-state index in [1.54, 1.807) is 0 Å². The third kappa shape index (κ3) is 3.21. The van der Waals surface area contributed by atoms with Gasteiger partial charge in [-0.05, 0) is 28.3 Å². The van der Waals surface area contributed by atoms with Crippen molar-refractivity contribution < 1.29 is 4.74 Å². The summed E-state index contributed by atoms with van der Waals surface area (Å²) in [6.45, 7) is 3.66. The molecule has 3 aromatic rings. The highest BCUT2D eigenvalue weighted by Crippen LogP contribution is 2.31. The number of morpholine rings is 1. The lowest BCUT2D eigenvalue weighted by Crippen LogP contribution is -2.40. The average molecular weight is 317 g/mol. The van der Waals surface area contributed by atoms with Gasteiger partial charge in [-0.1, -0.05) is 72.8 Å². The van der Waals surface area contributed by atoms with Gasteiger partial charge in [-0.2, -0.15) is 0 Å². The number of fused-ring (bicyclic) bond motifs is 1. The van der Waals surface area contributed by atoms with Crippen LogP contribution in [0.25, 0.3) is 10.8 Å². The van der Waals surface area contributed by atoms with Crippen molar-refractivity contribution in [3.63, 3.8) is 0 Å². The first-order valence-corrected chi connectivity index (χ1v) is 8.75. The molecule has 24 heavy (non-hydrogen) atoms. The standard InChI is InChI=1S/C22H23NO/c1-2-7-18(8-3-1)17-22(23-13-15-24-16-14-23)21-12-6-10-19-9-4-5-11-20(19)21/h1-12,22H,13-17H2. The lowest BCUT2D eigenvalue weighted by molar-refractivity contribution is 0.0164. The first-order valence-electron chi connectivity index (χ1n) is 8.75. The normalized spacial score (nSPS) is 17.0. The van der Waals surface area contributed by atoms with Crippen LogP contribution in [-0.2, 0) is 11.2 Å². The van der Waals surface area contributed by atoms with Crippen molar-refractivity contribution in [2.24, 2.45) is 0 Å². The summed E-state index contributed by atoms with van der Waals surface area (Å²) in [5, 5.41) is 2.69. The second-order valence-electron chi connectivity index (χ2n) is 6.42. The molecule has 0 saturated carbocycles. The second-order valence-corrected chi connectivity index (χ2v) is 6.42. The predicted octanol–water partition coefficient (Wildman–Crippen LogP) is 4.46. The van der Waals surface area contributed by atoms with Crippen LogP contribution < -0.4 is 0 Å². The smallest absolute Gasteiger partial charge is 0.0594 e. The van der Waals surface area contributed by atoms with E-state index in [-0.39, 0.29) is 0 Å². The van der Waals surface area contributed by atoms with Gasteiger partial charge in [0.2, 0.25) is 0 Å². The molecular formula is C22H23NO. The summed E-state index contributed by atoms with van der Waals surface area (Å²) in [6, 6.07) is 26.6. The van der Waals surface area contributed by atoms with Crippen molar-refractivity contribution >= 4 is 10.8 Å². The van der Waals surface area contributed by atoms with Crippen molar-refractivity contribution in [3.8, 4) is 0 Å². The Balaban J connectivity index is 1.76. The summed E-state index contributed by atoms with van der Waals surface area (Å²) >= 11 is 0. The first kappa shape index (κ1) is 15.4. The molecule has 0 spiro atoms. The molecule has 1 atom stereocenters. The molecule has 1 fully saturated rings. The number of benzene rings is 3. The van der Waals surface area contributed by atoms with Crippen molar-refractivity contribution in [2.45, 2.75) is 12.5 Å². The fraction of sp³-hybridized carbons (Fsp3) is 0.273. The number of hydrogen-bond acceptors (Lipinski definition) is 2. The molecule has 2 heteroatoms. The minimum atomic E-state index is 0.391. The number of rotatable bonds is 4. The highest BCUT2D eigenvalue weighted by molar-refractivity contribution is 5.86. The number of ether oxygens (including phenoxy) is 1. The third-order valence-electron chi connectivity index (χ3n) is 4.94. The minimum absolute atomic E-state index is 0.391. The molecule has 4 rings (SSSR count). The molecule has 0 N–H and O–H groups in total. The summed E-state index contributed by atoms with van der Waals surface area (Å²) in [5.41, 5.74) is 2.82. The molecule has 1 saturated heterocycles. The van der Waals surface area contributed by atoms with Crippen LogP contribution in [0.15, 0.2) is 72.8 Å². The van der Waals surface area contributed by atoms with Gasteiger partial charge in [-0.3, -0.25) is 4.90 Å². The molecule has 1 heterocycles. The lowest BCUT2D eigenvalue weighted by atomic mass is 9.92. The van der Waals surface area contributed by atoms with Gasteiger partial charge in [-0.25, -0.2) is 0 Å². The Morgan fingerprint density at radius 2 is 1.50 bits per heavy atom. The fourth-order valence-corrected chi connectivity index (χ4v) is 3.70. The molecule has 0 amide bonds. The molecule has 0 bridgehead atoms. The monoisotopic (exact) mass is 317 g/mol. The summed E-state index contributed by atoms with van der Waals surface area (Å²) in [7, 11) is 0. The van der Waals surface area contributed by atoms with Crippen LogP contribution in [0.2, 0.25) is 0 Å². The van der Waals surface area contributed by atoms with E-state index in [0.29, 0.717) is 6.04 Å². The van der Waals surface area contributed by atoms with Crippen LogP contribution >= 0.6 is 0 Å². The Morgan fingerprint density at radius 1 is 0.792 bits per heavy atom. The summed E-state index contributed by atoms with van der Waals surface area (Å²) in [5.74, 6) is 0. The largest absolute Gasteiger partial charge is 0.379 e. The molecular weight excluding hydrogens is 294 g/mol. The van der Waals surface area contributed by atoms with Gasteiger partial charge < -0.3 is 4.74 Å². The third-order valence-corrected chi connectivity index (χ3v) is 4.94. The van der Waals surface area contributed by atoms with E-state index >= 15 is 0 Å². The van der Waals surface area contributed by atoms with E-state index in [1.807, 2.05) is 0 Å². The van der Waals surface area contributed by atoms with E-state index in [2.05, 4.69) is 77.7 Å². The van der Waals surface area contributed by atoms with Crippen molar-refractivity contribution in [2.75, 3.05) is 26.3 Å². The Bertz CT molecular complexity index is 788. The second kappa shape index (κ2) is 7.16. The highest BCUT2D eigenvalue weighted by Gasteiger charge is 2.24. The van der Waals surface area contributed by atoms with E-state index in [0.717, 1.165) is 32.7 Å². The topological polar surface area (TPSA) is 12.5 Å². The molecule has 2 nitrogen and oxygen atoms in total.